The smallest absolute Gasteiger partial charge is 0.298 e. The molecule has 7 heteroatoms. The summed E-state index contributed by atoms with van der Waals surface area (Å²) in [6.45, 7) is 0.296. The fraction of sp³-hybridized carbons (Fsp3) is 0.231. The molecular weight excluding hydrogens is 260 g/mol. The van der Waals surface area contributed by atoms with Gasteiger partial charge in [0, 0.05) is 31.0 Å². The summed E-state index contributed by atoms with van der Waals surface area (Å²) in [5.41, 5.74) is 1.02. The van der Waals surface area contributed by atoms with Gasteiger partial charge in [0.15, 0.2) is 6.29 Å². The Hall–Kier alpha value is -2.70. The van der Waals surface area contributed by atoms with E-state index in [0.29, 0.717) is 28.8 Å². The monoisotopic (exact) mass is 272 g/mol. The fourth-order valence-corrected chi connectivity index (χ4v) is 2.41. The number of carbonyl (C=O) groups is 3. The van der Waals surface area contributed by atoms with E-state index < -0.39 is 6.03 Å². The number of rotatable bonds is 2. The molecule has 0 saturated carbocycles. The number of hydrogen-bond donors (Lipinski definition) is 1. The number of fused-ring (bicyclic) bond motifs is 1. The Kier molecular flexibility index (Phi) is 2.74. The van der Waals surface area contributed by atoms with Crippen LogP contribution in [0.4, 0.5) is 10.6 Å². The van der Waals surface area contributed by atoms with Crippen LogP contribution in [-0.4, -0.2) is 34.5 Å². The van der Waals surface area contributed by atoms with Crippen molar-refractivity contribution in [2.45, 2.75) is 6.42 Å². The van der Waals surface area contributed by atoms with Gasteiger partial charge >= 0.3 is 6.03 Å². The number of benzene rings is 1. The number of urea groups is 1. The van der Waals surface area contributed by atoms with E-state index in [1.54, 1.807) is 29.9 Å². The summed E-state index contributed by atoms with van der Waals surface area (Å²) < 4.78 is 1.55. The lowest BCUT2D eigenvalue weighted by Gasteiger charge is -2.26. The van der Waals surface area contributed by atoms with Crippen LogP contribution in [0.3, 0.4) is 0 Å². The third-order valence-electron chi connectivity index (χ3n) is 3.30. The molecule has 3 rings (SSSR count). The van der Waals surface area contributed by atoms with Gasteiger partial charge in [0.25, 0.3) is 0 Å². The molecule has 1 N–H and O–H groups in total. The molecule has 1 aliphatic rings. The second kappa shape index (κ2) is 4.44. The molecule has 1 fully saturated rings. The zero-order chi connectivity index (χ0) is 14.3. The SMILES string of the molecule is Cn1nc2c(C=O)cccc2c1N1CCC(=O)NC1=O. The number of nitrogens with zero attached hydrogens (tertiary/aromatic N) is 3. The molecule has 2 aromatic rings. The number of aldehydes is 1. The molecule has 7 nitrogen and oxygen atoms in total. The van der Waals surface area contributed by atoms with E-state index in [-0.39, 0.29) is 12.3 Å². The highest BCUT2D eigenvalue weighted by atomic mass is 16.2. The van der Waals surface area contributed by atoms with Crippen LogP contribution in [0.15, 0.2) is 18.2 Å². The van der Waals surface area contributed by atoms with E-state index in [0.717, 1.165) is 6.29 Å². The molecule has 0 aliphatic carbocycles. The molecule has 2 heterocycles. The number of nitrogens with one attached hydrogen (secondary N) is 1. The lowest BCUT2D eigenvalue weighted by molar-refractivity contribution is -0.120. The van der Waals surface area contributed by atoms with Gasteiger partial charge in [0.05, 0.1) is 0 Å². The lowest BCUT2D eigenvalue weighted by atomic mass is 10.1. The maximum absolute atomic E-state index is 11.9. The summed E-state index contributed by atoms with van der Waals surface area (Å²) in [7, 11) is 1.70. The Labute approximate surface area is 114 Å². The molecule has 1 saturated heterocycles. The first-order chi connectivity index (χ1) is 9.61. The minimum Gasteiger partial charge on any atom is -0.298 e. The first-order valence-electron chi connectivity index (χ1n) is 6.14. The maximum atomic E-state index is 11.9. The minimum atomic E-state index is -0.470. The predicted molar refractivity (Wildman–Crippen MR) is 71.6 cm³/mol. The standard InChI is InChI=1S/C13H12N4O3/c1-16-12(17-6-5-10(19)14-13(17)20)9-4-2-3-8(7-18)11(9)15-16/h2-4,7H,5-6H2,1H3,(H,14,19,20). The summed E-state index contributed by atoms with van der Waals surface area (Å²) in [5, 5.41) is 7.28. The van der Waals surface area contributed by atoms with Crippen molar-refractivity contribution in [2.24, 2.45) is 7.05 Å². The molecule has 1 aliphatic heterocycles. The summed E-state index contributed by atoms with van der Waals surface area (Å²) in [4.78, 5) is 35.6. The molecule has 102 valence electrons. The van der Waals surface area contributed by atoms with Gasteiger partial charge in [0.1, 0.15) is 11.3 Å². The molecule has 1 aromatic heterocycles. The van der Waals surface area contributed by atoms with Crippen LogP contribution in [0.5, 0.6) is 0 Å². The number of carbonyl (C=O) groups excluding carboxylic acids is 3. The minimum absolute atomic E-state index is 0.242. The molecule has 0 atom stereocenters. The molecule has 1 aromatic carbocycles. The summed E-state index contributed by atoms with van der Waals surface area (Å²) in [6.07, 6.45) is 0.977. The van der Waals surface area contributed by atoms with Gasteiger partial charge in [-0.25, -0.2) is 4.79 Å². The van der Waals surface area contributed by atoms with Crippen molar-refractivity contribution in [1.82, 2.24) is 15.1 Å². The van der Waals surface area contributed by atoms with Crippen LogP contribution in [0.1, 0.15) is 16.8 Å². The number of anilines is 1. The van der Waals surface area contributed by atoms with Gasteiger partial charge in [0.2, 0.25) is 5.91 Å². The molecular formula is C13H12N4O3. The van der Waals surface area contributed by atoms with Crippen molar-refractivity contribution in [2.75, 3.05) is 11.4 Å². The molecule has 3 amide bonds. The van der Waals surface area contributed by atoms with Crippen molar-refractivity contribution in [3.05, 3.63) is 23.8 Å². The van der Waals surface area contributed by atoms with Gasteiger partial charge in [-0.05, 0) is 12.1 Å². The first kappa shape index (κ1) is 12.3. The fourth-order valence-electron chi connectivity index (χ4n) is 2.41. The van der Waals surface area contributed by atoms with Crippen LogP contribution in [0, 0.1) is 0 Å². The zero-order valence-electron chi connectivity index (χ0n) is 10.8. The van der Waals surface area contributed by atoms with Crippen molar-refractivity contribution >= 4 is 34.9 Å². The Bertz CT molecular complexity index is 735. The highest BCUT2D eigenvalue weighted by molar-refractivity contribution is 6.10. The number of amides is 3. The topological polar surface area (TPSA) is 84.3 Å². The van der Waals surface area contributed by atoms with Crippen molar-refractivity contribution in [3.63, 3.8) is 0 Å². The van der Waals surface area contributed by atoms with E-state index in [9.17, 15) is 14.4 Å². The Morgan fingerprint density at radius 1 is 1.35 bits per heavy atom. The third kappa shape index (κ3) is 1.75. The number of aryl methyl sites for hydroxylation is 1. The zero-order valence-corrected chi connectivity index (χ0v) is 10.8. The summed E-state index contributed by atoms with van der Waals surface area (Å²) >= 11 is 0. The van der Waals surface area contributed by atoms with E-state index in [1.807, 2.05) is 0 Å². The van der Waals surface area contributed by atoms with Gasteiger partial charge in [-0.15, -0.1) is 0 Å². The predicted octanol–water partition coefficient (Wildman–Crippen LogP) is 0.832. The third-order valence-corrected chi connectivity index (χ3v) is 3.30. The normalized spacial score (nSPS) is 15.6. The Balaban J connectivity index is 2.16. The Morgan fingerprint density at radius 2 is 2.15 bits per heavy atom. The van der Waals surface area contributed by atoms with Crippen LogP contribution in [0.2, 0.25) is 0 Å². The maximum Gasteiger partial charge on any atom is 0.329 e. The quantitative estimate of drug-likeness (QED) is 0.821. The van der Waals surface area contributed by atoms with Gasteiger partial charge in [-0.1, -0.05) is 6.07 Å². The van der Waals surface area contributed by atoms with Crippen molar-refractivity contribution in [3.8, 4) is 0 Å². The van der Waals surface area contributed by atoms with Crippen LogP contribution in [-0.2, 0) is 11.8 Å². The Morgan fingerprint density at radius 3 is 2.85 bits per heavy atom. The van der Waals surface area contributed by atoms with E-state index >= 15 is 0 Å². The lowest BCUT2D eigenvalue weighted by Crippen LogP contribution is -2.50. The van der Waals surface area contributed by atoms with Gasteiger partial charge in [-0.2, -0.15) is 5.10 Å². The second-order valence-corrected chi connectivity index (χ2v) is 4.56. The van der Waals surface area contributed by atoms with Crippen molar-refractivity contribution < 1.29 is 14.4 Å². The van der Waals surface area contributed by atoms with E-state index in [1.165, 1.54) is 4.90 Å². The molecule has 0 bridgehead atoms. The summed E-state index contributed by atoms with van der Waals surface area (Å²) in [6, 6.07) is 4.74. The highest BCUT2D eigenvalue weighted by Crippen LogP contribution is 2.28. The summed E-state index contributed by atoms with van der Waals surface area (Å²) in [5.74, 6) is 0.292. The van der Waals surface area contributed by atoms with E-state index in [4.69, 9.17) is 0 Å². The van der Waals surface area contributed by atoms with Gasteiger partial charge < -0.3 is 0 Å². The molecule has 0 spiro atoms. The average Bonchev–Trinajstić information content (AvgIpc) is 2.75. The number of aromatic nitrogens is 2. The van der Waals surface area contributed by atoms with Crippen LogP contribution in [0.25, 0.3) is 10.9 Å². The van der Waals surface area contributed by atoms with Crippen LogP contribution < -0.4 is 10.2 Å². The second-order valence-electron chi connectivity index (χ2n) is 4.56. The first-order valence-corrected chi connectivity index (χ1v) is 6.14. The number of hydrogen-bond acceptors (Lipinski definition) is 4. The molecule has 20 heavy (non-hydrogen) atoms. The van der Waals surface area contributed by atoms with Crippen LogP contribution >= 0.6 is 0 Å². The highest BCUT2D eigenvalue weighted by Gasteiger charge is 2.28. The molecule has 0 radical (unpaired) electrons. The number of imide groups is 1. The largest absolute Gasteiger partial charge is 0.329 e. The van der Waals surface area contributed by atoms with E-state index in [2.05, 4.69) is 10.4 Å². The average molecular weight is 272 g/mol. The molecule has 0 unspecified atom stereocenters. The van der Waals surface area contributed by atoms with Crippen molar-refractivity contribution in [1.29, 1.82) is 0 Å². The van der Waals surface area contributed by atoms with Gasteiger partial charge in [-0.3, -0.25) is 24.5 Å².